The topological polar surface area (TPSA) is 67.4 Å². The number of benzene rings is 1. The van der Waals surface area contributed by atoms with E-state index in [4.69, 9.17) is 4.74 Å². The van der Waals surface area contributed by atoms with Crippen LogP contribution in [0.5, 0.6) is 5.75 Å². The molecule has 2 N–H and O–H groups in total. The molecule has 1 aromatic rings. The van der Waals surface area contributed by atoms with E-state index in [2.05, 4.69) is 10.6 Å². The lowest BCUT2D eigenvalue weighted by Gasteiger charge is -2.28. The Morgan fingerprint density at radius 3 is 2.32 bits per heavy atom. The molecule has 1 aliphatic rings. The van der Waals surface area contributed by atoms with E-state index in [1.54, 1.807) is 21.0 Å². The van der Waals surface area contributed by atoms with E-state index in [1.807, 2.05) is 24.3 Å². The molecule has 25 heavy (non-hydrogen) atoms. The third-order valence-corrected chi connectivity index (χ3v) is 4.93. The Hall–Kier alpha value is -2.04. The van der Waals surface area contributed by atoms with Crippen LogP contribution in [0.2, 0.25) is 0 Å². The maximum absolute atomic E-state index is 12.5. The van der Waals surface area contributed by atoms with Crippen molar-refractivity contribution < 1.29 is 14.3 Å². The van der Waals surface area contributed by atoms with E-state index in [0.29, 0.717) is 6.54 Å². The molecule has 5 nitrogen and oxygen atoms in total. The van der Waals surface area contributed by atoms with Crippen LogP contribution in [0.1, 0.15) is 51.5 Å². The highest BCUT2D eigenvalue weighted by atomic mass is 16.5. The smallest absolute Gasteiger partial charge is 0.235 e. The van der Waals surface area contributed by atoms with Crippen molar-refractivity contribution in [3.63, 3.8) is 0 Å². The van der Waals surface area contributed by atoms with Gasteiger partial charge in [-0.2, -0.15) is 0 Å². The molecule has 1 aliphatic carbocycles. The fourth-order valence-electron chi connectivity index (χ4n) is 3.05. The van der Waals surface area contributed by atoms with E-state index in [1.165, 1.54) is 6.42 Å². The summed E-state index contributed by atoms with van der Waals surface area (Å²) in [5.41, 5.74) is 0.0581. The molecule has 0 aromatic heterocycles. The van der Waals surface area contributed by atoms with Gasteiger partial charge in [0.1, 0.15) is 11.2 Å². The molecule has 0 unspecified atom stereocenters. The minimum atomic E-state index is -1.06. The monoisotopic (exact) mass is 346 g/mol. The molecule has 0 saturated heterocycles. The van der Waals surface area contributed by atoms with E-state index >= 15 is 0 Å². The van der Waals surface area contributed by atoms with Crippen LogP contribution in [0.3, 0.4) is 0 Å². The van der Waals surface area contributed by atoms with Gasteiger partial charge < -0.3 is 15.4 Å². The van der Waals surface area contributed by atoms with Gasteiger partial charge in [-0.15, -0.1) is 0 Å². The zero-order valence-electron chi connectivity index (χ0n) is 15.6. The zero-order chi connectivity index (χ0) is 18.3. The van der Waals surface area contributed by atoms with Crippen molar-refractivity contribution in [2.75, 3.05) is 13.7 Å². The summed E-state index contributed by atoms with van der Waals surface area (Å²) in [4.78, 5) is 24.9. The minimum absolute atomic E-state index is 0.179. The summed E-state index contributed by atoms with van der Waals surface area (Å²) in [6.07, 6.45) is 6.29. The second-order valence-electron chi connectivity index (χ2n) is 7.29. The molecular formula is C20H30N2O3. The Bertz CT molecular complexity index is 575. The maximum Gasteiger partial charge on any atom is 0.235 e. The molecule has 2 amide bonds. The molecule has 0 spiro atoms. The normalized spacial score (nSPS) is 15.5. The summed E-state index contributed by atoms with van der Waals surface area (Å²) in [5.74, 6) is 0.406. The summed E-state index contributed by atoms with van der Waals surface area (Å²) < 4.78 is 5.13. The summed E-state index contributed by atoms with van der Waals surface area (Å²) in [7, 11) is 1.63. The first-order valence-electron chi connectivity index (χ1n) is 9.15. The quantitative estimate of drug-likeness (QED) is 0.746. The third kappa shape index (κ3) is 5.48. The van der Waals surface area contributed by atoms with Crippen LogP contribution in [0.4, 0.5) is 0 Å². The van der Waals surface area contributed by atoms with Crippen molar-refractivity contribution in [1.82, 2.24) is 10.6 Å². The minimum Gasteiger partial charge on any atom is -0.497 e. The van der Waals surface area contributed by atoms with Crippen LogP contribution < -0.4 is 15.4 Å². The predicted octanol–water partition coefficient (Wildman–Crippen LogP) is 2.83. The largest absolute Gasteiger partial charge is 0.497 e. The van der Waals surface area contributed by atoms with E-state index in [9.17, 15) is 9.59 Å². The molecule has 0 radical (unpaired) electrons. The van der Waals surface area contributed by atoms with Crippen molar-refractivity contribution in [2.24, 2.45) is 5.41 Å². The lowest BCUT2D eigenvalue weighted by atomic mass is 9.89. The van der Waals surface area contributed by atoms with Crippen LogP contribution in [0, 0.1) is 5.41 Å². The highest BCUT2D eigenvalue weighted by Gasteiger charge is 2.36. The summed E-state index contributed by atoms with van der Waals surface area (Å²) >= 11 is 0. The molecule has 2 rings (SSSR count). The van der Waals surface area contributed by atoms with Gasteiger partial charge in [0.05, 0.1) is 7.11 Å². The van der Waals surface area contributed by atoms with Crippen molar-refractivity contribution in [2.45, 2.75) is 58.4 Å². The number of hydrogen-bond donors (Lipinski definition) is 2. The van der Waals surface area contributed by atoms with Gasteiger partial charge in [-0.1, -0.05) is 31.4 Å². The SMILES string of the molecule is COc1ccc(CCNC(=O)C(C)(C)C(=O)NC2CCCCC2)cc1. The maximum atomic E-state index is 12.5. The first-order chi connectivity index (χ1) is 11.9. The lowest BCUT2D eigenvalue weighted by molar-refractivity contribution is -0.141. The second-order valence-corrected chi connectivity index (χ2v) is 7.29. The first kappa shape index (κ1) is 19.3. The average Bonchev–Trinajstić information content (AvgIpc) is 2.63. The number of rotatable bonds is 7. The fraction of sp³-hybridized carbons (Fsp3) is 0.600. The number of hydrogen-bond acceptors (Lipinski definition) is 3. The van der Waals surface area contributed by atoms with Gasteiger partial charge >= 0.3 is 0 Å². The molecule has 138 valence electrons. The van der Waals surface area contributed by atoms with Crippen LogP contribution in [0.15, 0.2) is 24.3 Å². The Morgan fingerprint density at radius 2 is 1.72 bits per heavy atom. The second kappa shape index (κ2) is 8.88. The average molecular weight is 346 g/mol. The zero-order valence-corrected chi connectivity index (χ0v) is 15.6. The van der Waals surface area contributed by atoms with Crippen LogP contribution in [0.25, 0.3) is 0 Å². The standard InChI is InChI=1S/C20H30N2O3/c1-20(2,19(24)22-16-7-5-4-6-8-16)18(23)21-14-13-15-9-11-17(25-3)12-10-15/h9-12,16H,4-8,13-14H2,1-3H3,(H,21,23)(H,22,24). The Kier molecular flexibility index (Phi) is 6.85. The van der Waals surface area contributed by atoms with Gasteiger partial charge in [-0.05, 0) is 50.8 Å². The van der Waals surface area contributed by atoms with Crippen molar-refractivity contribution >= 4 is 11.8 Å². The molecule has 0 bridgehead atoms. The number of carbonyl (C=O) groups is 2. The predicted molar refractivity (Wildman–Crippen MR) is 98.5 cm³/mol. The van der Waals surface area contributed by atoms with E-state index in [0.717, 1.165) is 43.4 Å². The van der Waals surface area contributed by atoms with Crippen LogP contribution >= 0.6 is 0 Å². The van der Waals surface area contributed by atoms with Crippen LogP contribution in [-0.2, 0) is 16.0 Å². The Balaban J connectivity index is 1.79. The highest BCUT2D eigenvalue weighted by Crippen LogP contribution is 2.21. The molecule has 0 aliphatic heterocycles. The summed E-state index contributed by atoms with van der Waals surface area (Å²) in [5, 5.41) is 5.93. The van der Waals surface area contributed by atoms with Gasteiger partial charge in [0.15, 0.2) is 0 Å². The number of amides is 2. The van der Waals surface area contributed by atoms with Gasteiger partial charge in [-0.25, -0.2) is 0 Å². The molecule has 1 fully saturated rings. The van der Waals surface area contributed by atoms with Gasteiger partial charge in [0.25, 0.3) is 0 Å². The third-order valence-electron chi connectivity index (χ3n) is 4.93. The van der Waals surface area contributed by atoms with Crippen molar-refractivity contribution in [3.8, 4) is 5.75 Å². The van der Waals surface area contributed by atoms with Gasteiger partial charge in [-0.3, -0.25) is 9.59 Å². The number of ether oxygens (including phenoxy) is 1. The molecule has 0 heterocycles. The molecule has 1 saturated carbocycles. The Labute approximate surface area is 150 Å². The molecular weight excluding hydrogens is 316 g/mol. The van der Waals surface area contributed by atoms with E-state index < -0.39 is 5.41 Å². The number of methoxy groups -OCH3 is 1. The van der Waals surface area contributed by atoms with Gasteiger partial charge in [0.2, 0.25) is 11.8 Å². The highest BCUT2D eigenvalue weighted by molar-refractivity contribution is 6.04. The first-order valence-corrected chi connectivity index (χ1v) is 9.15. The van der Waals surface area contributed by atoms with E-state index in [-0.39, 0.29) is 17.9 Å². The van der Waals surface area contributed by atoms with Gasteiger partial charge in [0, 0.05) is 12.6 Å². The summed E-state index contributed by atoms with van der Waals surface area (Å²) in [6, 6.07) is 7.97. The molecule has 0 atom stereocenters. The number of carbonyl (C=O) groups excluding carboxylic acids is 2. The molecule has 5 heteroatoms. The lowest BCUT2D eigenvalue weighted by Crippen LogP contribution is -2.51. The van der Waals surface area contributed by atoms with Crippen molar-refractivity contribution in [3.05, 3.63) is 29.8 Å². The van der Waals surface area contributed by atoms with Crippen molar-refractivity contribution in [1.29, 1.82) is 0 Å². The van der Waals surface area contributed by atoms with Crippen LogP contribution in [-0.4, -0.2) is 31.5 Å². The summed E-state index contributed by atoms with van der Waals surface area (Å²) in [6.45, 7) is 3.88. The number of nitrogens with one attached hydrogen (secondary N) is 2. The molecule has 1 aromatic carbocycles. The fourth-order valence-corrected chi connectivity index (χ4v) is 3.05. The Morgan fingerprint density at radius 1 is 1.08 bits per heavy atom.